The van der Waals surface area contributed by atoms with Crippen molar-refractivity contribution >= 4 is 0 Å². The number of nitrogens with zero attached hydrogens (tertiary/aromatic N) is 3. The minimum absolute atomic E-state index is 0.158. The molecule has 1 N–H and O–H groups in total. The van der Waals surface area contributed by atoms with Crippen LogP contribution in [0.15, 0.2) is 67.1 Å². The number of aryl methyl sites for hydroxylation is 1. The lowest BCUT2D eigenvalue weighted by Gasteiger charge is -2.29. The van der Waals surface area contributed by atoms with E-state index in [0.717, 1.165) is 17.7 Å². The van der Waals surface area contributed by atoms with Crippen molar-refractivity contribution in [2.75, 3.05) is 0 Å². The Kier molecular flexibility index (Phi) is 6.04. The molecule has 3 aromatic rings. The number of hydrogen-bond acceptors (Lipinski definition) is 3. The Balaban J connectivity index is 1.78. The fourth-order valence-electron chi connectivity index (χ4n) is 3.29. The van der Waals surface area contributed by atoms with Gasteiger partial charge in [0.25, 0.3) is 0 Å². The molecule has 0 bridgehead atoms. The summed E-state index contributed by atoms with van der Waals surface area (Å²) in [7, 11) is 0. The van der Waals surface area contributed by atoms with Crippen molar-refractivity contribution in [3.8, 4) is 6.07 Å². The highest BCUT2D eigenvalue weighted by atomic mass is 19.4. The average molecular weight is 399 g/mol. The molecule has 29 heavy (non-hydrogen) atoms. The first-order chi connectivity index (χ1) is 13.8. The second-order valence-corrected chi connectivity index (χ2v) is 7.10. The minimum Gasteiger partial charge on any atom is -0.388 e. The normalized spacial score (nSPS) is 13.6. The Morgan fingerprint density at radius 1 is 1.00 bits per heavy atom. The van der Waals surface area contributed by atoms with Gasteiger partial charge in [0.15, 0.2) is 0 Å². The summed E-state index contributed by atoms with van der Waals surface area (Å²) in [5.41, 5.74) is 0.0802. The van der Waals surface area contributed by atoms with Crippen LogP contribution in [-0.4, -0.2) is 20.3 Å². The zero-order valence-corrected chi connectivity index (χ0v) is 15.6. The van der Waals surface area contributed by atoms with E-state index in [4.69, 9.17) is 0 Å². The van der Waals surface area contributed by atoms with Crippen molar-refractivity contribution < 1.29 is 18.3 Å². The molecular formula is C22H20F3N3O. The summed E-state index contributed by atoms with van der Waals surface area (Å²) in [4.78, 5) is 3.96. The quantitative estimate of drug-likeness (QED) is 0.641. The van der Waals surface area contributed by atoms with Crippen LogP contribution in [-0.2, 0) is 25.6 Å². The van der Waals surface area contributed by atoms with Crippen molar-refractivity contribution in [2.45, 2.75) is 37.6 Å². The number of rotatable bonds is 7. The molecule has 0 aliphatic heterocycles. The zero-order chi connectivity index (χ0) is 20.9. The van der Waals surface area contributed by atoms with Gasteiger partial charge in [-0.15, -0.1) is 0 Å². The molecule has 0 amide bonds. The number of benzene rings is 2. The zero-order valence-electron chi connectivity index (χ0n) is 15.6. The first kappa shape index (κ1) is 20.6. The molecule has 3 rings (SSSR count). The Morgan fingerprint density at radius 2 is 1.69 bits per heavy atom. The lowest BCUT2D eigenvalue weighted by Crippen LogP contribution is -2.37. The summed E-state index contributed by atoms with van der Waals surface area (Å²) >= 11 is 0. The first-order valence-electron chi connectivity index (χ1n) is 9.12. The number of alkyl halides is 3. The highest BCUT2D eigenvalue weighted by Gasteiger charge is 2.31. The van der Waals surface area contributed by atoms with Gasteiger partial charge in [-0.25, -0.2) is 4.98 Å². The first-order valence-corrected chi connectivity index (χ1v) is 9.12. The predicted molar refractivity (Wildman–Crippen MR) is 102 cm³/mol. The van der Waals surface area contributed by atoms with Crippen molar-refractivity contribution in [3.63, 3.8) is 0 Å². The highest BCUT2D eigenvalue weighted by molar-refractivity contribution is 5.25. The van der Waals surface area contributed by atoms with Crippen molar-refractivity contribution in [1.29, 1.82) is 5.26 Å². The number of aliphatic hydroxyl groups is 1. The maximum absolute atomic E-state index is 12.7. The molecule has 7 heteroatoms. The van der Waals surface area contributed by atoms with Crippen LogP contribution in [0.2, 0.25) is 0 Å². The van der Waals surface area contributed by atoms with Crippen LogP contribution in [0.4, 0.5) is 13.2 Å². The van der Waals surface area contributed by atoms with Crippen LogP contribution in [0, 0.1) is 11.3 Å². The highest BCUT2D eigenvalue weighted by Crippen LogP contribution is 2.30. The van der Waals surface area contributed by atoms with Crippen LogP contribution in [0.5, 0.6) is 0 Å². The van der Waals surface area contributed by atoms with Crippen LogP contribution in [0.1, 0.15) is 28.8 Å². The molecule has 0 saturated heterocycles. The number of hydrogen-bond donors (Lipinski definition) is 1. The molecule has 2 aromatic carbocycles. The molecule has 0 fully saturated rings. The second kappa shape index (κ2) is 8.50. The van der Waals surface area contributed by atoms with E-state index in [0.29, 0.717) is 30.5 Å². The summed E-state index contributed by atoms with van der Waals surface area (Å²) < 4.78 is 39.8. The van der Waals surface area contributed by atoms with Gasteiger partial charge < -0.3 is 9.67 Å². The Morgan fingerprint density at radius 3 is 2.31 bits per heavy atom. The molecule has 1 aromatic heterocycles. The van der Waals surface area contributed by atoms with E-state index in [1.807, 2.05) is 36.4 Å². The molecule has 1 heterocycles. The van der Waals surface area contributed by atoms with Crippen LogP contribution in [0.25, 0.3) is 0 Å². The average Bonchev–Trinajstić information content (AvgIpc) is 3.13. The maximum atomic E-state index is 12.7. The van der Waals surface area contributed by atoms with E-state index in [9.17, 15) is 23.5 Å². The summed E-state index contributed by atoms with van der Waals surface area (Å²) in [6, 6.07) is 16.5. The van der Waals surface area contributed by atoms with Crippen LogP contribution >= 0.6 is 0 Å². The van der Waals surface area contributed by atoms with Crippen molar-refractivity contribution in [1.82, 2.24) is 9.55 Å². The fourth-order valence-corrected chi connectivity index (χ4v) is 3.29. The van der Waals surface area contributed by atoms with Gasteiger partial charge in [0, 0.05) is 6.42 Å². The molecule has 0 aliphatic carbocycles. The molecule has 0 aliphatic rings. The Bertz CT molecular complexity index is 975. The van der Waals surface area contributed by atoms with E-state index in [1.165, 1.54) is 24.7 Å². The van der Waals surface area contributed by atoms with Gasteiger partial charge in [-0.3, -0.25) is 0 Å². The predicted octanol–water partition coefficient (Wildman–Crippen LogP) is 4.38. The van der Waals surface area contributed by atoms with Gasteiger partial charge in [0.2, 0.25) is 0 Å². The van der Waals surface area contributed by atoms with Crippen molar-refractivity contribution in [3.05, 3.63) is 89.5 Å². The Labute approximate surface area is 166 Å². The van der Waals surface area contributed by atoms with Gasteiger partial charge in [-0.05, 0) is 36.1 Å². The van der Waals surface area contributed by atoms with E-state index in [2.05, 4.69) is 4.98 Å². The summed E-state index contributed by atoms with van der Waals surface area (Å²) in [5, 5.41) is 20.6. The third-order valence-electron chi connectivity index (χ3n) is 4.83. The van der Waals surface area contributed by atoms with E-state index < -0.39 is 17.3 Å². The van der Waals surface area contributed by atoms with E-state index >= 15 is 0 Å². The summed E-state index contributed by atoms with van der Waals surface area (Å²) in [6.07, 6.45) is -0.390. The van der Waals surface area contributed by atoms with Crippen molar-refractivity contribution in [2.24, 2.45) is 0 Å². The molecule has 1 atom stereocenters. The smallest absolute Gasteiger partial charge is 0.388 e. The second-order valence-electron chi connectivity index (χ2n) is 7.10. The minimum atomic E-state index is -4.37. The Hall–Kier alpha value is -3.11. The van der Waals surface area contributed by atoms with E-state index in [1.54, 1.807) is 4.57 Å². The lowest BCUT2D eigenvalue weighted by atomic mass is 9.88. The van der Waals surface area contributed by atoms with Gasteiger partial charge in [0.1, 0.15) is 11.8 Å². The third-order valence-corrected chi connectivity index (χ3v) is 4.83. The molecule has 0 saturated carbocycles. The van der Waals surface area contributed by atoms with Crippen LogP contribution < -0.4 is 0 Å². The van der Waals surface area contributed by atoms with Gasteiger partial charge in [0.05, 0.1) is 30.2 Å². The maximum Gasteiger partial charge on any atom is 0.416 e. The largest absolute Gasteiger partial charge is 0.416 e. The number of halogens is 3. The van der Waals surface area contributed by atoms with E-state index in [-0.39, 0.29) is 6.54 Å². The topological polar surface area (TPSA) is 61.8 Å². The standard InChI is InChI=1S/C22H20F3N3O/c23-22(24,25)19-8-6-17(7-9-19)10-11-21(29,12-18-4-2-1-3-5-18)15-28-16-27-14-20(28)13-26/h1-9,14,16,29H,10-12,15H2. The van der Waals surface area contributed by atoms with Gasteiger partial charge >= 0.3 is 6.18 Å². The molecular weight excluding hydrogens is 379 g/mol. The van der Waals surface area contributed by atoms with Gasteiger partial charge in [-0.2, -0.15) is 18.4 Å². The summed E-state index contributed by atoms with van der Waals surface area (Å²) in [6.45, 7) is 0.158. The molecule has 1 unspecified atom stereocenters. The SMILES string of the molecule is N#Cc1cncn1CC(O)(CCc1ccc(C(F)(F)F)cc1)Cc1ccccc1. The van der Waals surface area contributed by atoms with Crippen LogP contribution in [0.3, 0.4) is 0 Å². The molecule has 4 nitrogen and oxygen atoms in total. The lowest BCUT2D eigenvalue weighted by molar-refractivity contribution is -0.137. The number of imidazole rings is 1. The molecule has 0 radical (unpaired) electrons. The number of aromatic nitrogens is 2. The number of nitriles is 1. The summed E-state index contributed by atoms with van der Waals surface area (Å²) in [5.74, 6) is 0. The molecule has 150 valence electrons. The van der Waals surface area contributed by atoms with Gasteiger partial charge in [-0.1, -0.05) is 42.5 Å². The molecule has 0 spiro atoms. The third kappa shape index (κ3) is 5.46. The fraction of sp³-hybridized carbons (Fsp3) is 0.273. The monoisotopic (exact) mass is 399 g/mol.